The maximum absolute atomic E-state index is 4.04. The third-order valence-electron chi connectivity index (χ3n) is 1.01. The van der Waals surface area contributed by atoms with E-state index in [1.165, 1.54) is 0 Å². The highest BCUT2D eigenvalue weighted by atomic mass is 127. The minimum Gasteiger partial charge on any atom is -0.369 e. The lowest BCUT2D eigenvalue weighted by Crippen LogP contribution is -2.01. The predicted molar refractivity (Wildman–Crippen MR) is 48.9 cm³/mol. The molecule has 0 aromatic carbocycles. The largest absolute Gasteiger partial charge is 0.369 e. The summed E-state index contributed by atoms with van der Waals surface area (Å²) in [6.07, 6.45) is 3.33. The Balaban J connectivity index is 2.81. The minimum absolute atomic E-state index is 0.896. The van der Waals surface area contributed by atoms with Gasteiger partial charge in [-0.25, -0.2) is 9.97 Å². The summed E-state index contributed by atoms with van der Waals surface area (Å²) in [6, 6.07) is 0. The SMILES string of the molecule is CCNc1ncncc1I. The van der Waals surface area contributed by atoms with Crippen LogP contribution in [0.25, 0.3) is 0 Å². The summed E-state index contributed by atoms with van der Waals surface area (Å²) in [5.41, 5.74) is 0. The van der Waals surface area contributed by atoms with Gasteiger partial charge in [0, 0.05) is 12.7 Å². The molecule has 0 saturated carbocycles. The molecular formula is C6H8IN3. The first-order valence-corrected chi connectivity index (χ1v) is 4.12. The molecule has 0 unspecified atom stereocenters. The molecule has 1 heterocycles. The third-order valence-corrected chi connectivity index (χ3v) is 1.80. The van der Waals surface area contributed by atoms with Crippen molar-refractivity contribution in [3.8, 4) is 0 Å². The Bertz CT molecular complexity index is 214. The van der Waals surface area contributed by atoms with E-state index < -0.39 is 0 Å². The van der Waals surface area contributed by atoms with Crippen LogP contribution >= 0.6 is 22.6 Å². The molecule has 0 radical (unpaired) electrons. The van der Waals surface area contributed by atoms with E-state index >= 15 is 0 Å². The van der Waals surface area contributed by atoms with Gasteiger partial charge in [-0.3, -0.25) is 0 Å². The number of rotatable bonds is 2. The first kappa shape index (κ1) is 7.71. The molecule has 0 spiro atoms. The highest BCUT2D eigenvalue weighted by Crippen LogP contribution is 2.11. The van der Waals surface area contributed by atoms with Crippen LogP contribution in [0, 0.1) is 3.57 Å². The van der Waals surface area contributed by atoms with Crippen LogP contribution in [0.1, 0.15) is 6.92 Å². The molecule has 0 atom stereocenters. The Labute approximate surface area is 73.4 Å². The number of hydrogen-bond acceptors (Lipinski definition) is 3. The lowest BCUT2D eigenvalue weighted by Gasteiger charge is -2.01. The number of nitrogens with one attached hydrogen (secondary N) is 1. The Kier molecular flexibility index (Phi) is 2.85. The van der Waals surface area contributed by atoms with E-state index in [2.05, 4.69) is 37.9 Å². The van der Waals surface area contributed by atoms with Crippen molar-refractivity contribution < 1.29 is 0 Å². The van der Waals surface area contributed by atoms with E-state index in [-0.39, 0.29) is 0 Å². The molecule has 0 fully saturated rings. The second-order valence-electron chi connectivity index (χ2n) is 1.75. The topological polar surface area (TPSA) is 37.8 Å². The minimum atomic E-state index is 0.896. The molecule has 1 rings (SSSR count). The Morgan fingerprint density at radius 2 is 2.50 bits per heavy atom. The summed E-state index contributed by atoms with van der Waals surface area (Å²) in [6.45, 7) is 2.94. The second kappa shape index (κ2) is 3.70. The molecule has 0 saturated heterocycles. The molecule has 54 valence electrons. The molecule has 0 amide bonds. The molecule has 1 N–H and O–H groups in total. The third kappa shape index (κ3) is 1.80. The first-order valence-electron chi connectivity index (χ1n) is 3.04. The smallest absolute Gasteiger partial charge is 0.142 e. The highest BCUT2D eigenvalue weighted by Gasteiger charge is 1.95. The number of anilines is 1. The number of aromatic nitrogens is 2. The summed E-state index contributed by atoms with van der Waals surface area (Å²) in [5, 5.41) is 3.12. The van der Waals surface area contributed by atoms with E-state index in [4.69, 9.17) is 0 Å². The van der Waals surface area contributed by atoms with Crippen LogP contribution in [-0.4, -0.2) is 16.5 Å². The van der Waals surface area contributed by atoms with Crippen LogP contribution < -0.4 is 5.32 Å². The number of nitrogens with zero attached hydrogens (tertiary/aromatic N) is 2. The zero-order valence-corrected chi connectivity index (χ0v) is 7.79. The van der Waals surface area contributed by atoms with Crippen molar-refractivity contribution in [1.29, 1.82) is 0 Å². The Hall–Kier alpha value is -0.390. The average molecular weight is 249 g/mol. The Morgan fingerprint density at radius 3 is 3.10 bits per heavy atom. The molecule has 1 aromatic heterocycles. The van der Waals surface area contributed by atoms with Crippen molar-refractivity contribution in [2.24, 2.45) is 0 Å². The second-order valence-corrected chi connectivity index (χ2v) is 2.91. The van der Waals surface area contributed by atoms with Crippen molar-refractivity contribution in [2.75, 3.05) is 11.9 Å². The molecular weight excluding hydrogens is 241 g/mol. The lowest BCUT2D eigenvalue weighted by atomic mass is 10.6. The number of hydrogen-bond donors (Lipinski definition) is 1. The van der Waals surface area contributed by atoms with Crippen molar-refractivity contribution in [3.05, 3.63) is 16.1 Å². The predicted octanol–water partition coefficient (Wildman–Crippen LogP) is 1.51. The van der Waals surface area contributed by atoms with Gasteiger partial charge in [0.2, 0.25) is 0 Å². The summed E-state index contributed by atoms with van der Waals surface area (Å²) in [7, 11) is 0. The van der Waals surface area contributed by atoms with Gasteiger partial charge in [-0.05, 0) is 29.5 Å². The maximum Gasteiger partial charge on any atom is 0.142 e. The van der Waals surface area contributed by atoms with Gasteiger partial charge in [0.1, 0.15) is 12.1 Å². The van der Waals surface area contributed by atoms with E-state index in [0.29, 0.717) is 0 Å². The standard InChI is InChI=1S/C6H8IN3/c1-2-9-6-5(7)3-8-4-10-6/h3-4H,2H2,1H3,(H,8,9,10). The monoisotopic (exact) mass is 249 g/mol. The van der Waals surface area contributed by atoms with Crippen molar-refractivity contribution in [1.82, 2.24) is 9.97 Å². The molecule has 0 aliphatic rings. The van der Waals surface area contributed by atoms with Gasteiger partial charge in [-0.1, -0.05) is 0 Å². The summed E-state index contributed by atoms with van der Waals surface area (Å²) in [4.78, 5) is 7.91. The fraction of sp³-hybridized carbons (Fsp3) is 0.333. The van der Waals surface area contributed by atoms with E-state index in [9.17, 15) is 0 Å². The van der Waals surface area contributed by atoms with Crippen molar-refractivity contribution in [2.45, 2.75) is 6.92 Å². The van der Waals surface area contributed by atoms with Crippen molar-refractivity contribution >= 4 is 28.4 Å². The summed E-state index contributed by atoms with van der Waals surface area (Å²) < 4.78 is 1.06. The Morgan fingerprint density at radius 1 is 1.70 bits per heavy atom. The fourth-order valence-electron chi connectivity index (χ4n) is 0.610. The first-order chi connectivity index (χ1) is 4.84. The summed E-state index contributed by atoms with van der Waals surface area (Å²) >= 11 is 2.20. The molecule has 0 bridgehead atoms. The molecule has 0 aliphatic carbocycles. The van der Waals surface area contributed by atoms with Gasteiger partial charge < -0.3 is 5.32 Å². The van der Waals surface area contributed by atoms with E-state index in [0.717, 1.165) is 15.9 Å². The van der Waals surface area contributed by atoms with E-state index in [1.807, 2.05) is 6.92 Å². The quantitative estimate of drug-likeness (QED) is 0.807. The highest BCUT2D eigenvalue weighted by molar-refractivity contribution is 14.1. The zero-order valence-electron chi connectivity index (χ0n) is 5.63. The van der Waals surface area contributed by atoms with Gasteiger partial charge in [-0.15, -0.1) is 0 Å². The van der Waals surface area contributed by atoms with Crippen LogP contribution in [0.15, 0.2) is 12.5 Å². The van der Waals surface area contributed by atoms with Crippen LogP contribution in [0.2, 0.25) is 0 Å². The van der Waals surface area contributed by atoms with Gasteiger partial charge in [-0.2, -0.15) is 0 Å². The van der Waals surface area contributed by atoms with Gasteiger partial charge in [0.15, 0.2) is 0 Å². The molecule has 1 aromatic rings. The van der Waals surface area contributed by atoms with Crippen molar-refractivity contribution in [3.63, 3.8) is 0 Å². The van der Waals surface area contributed by atoms with Crippen LogP contribution in [0.5, 0.6) is 0 Å². The van der Waals surface area contributed by atoms with Crippen LogP contribution in [0.3, 0.4) is 0 Å². The summed E-state index contributed by atoms with van der Waals surface area (Å²) in [5.74, 6) is 0.915. The molecule has 3 nitrogen and oxygen atoms in total. The molecule has 10 heavy (non-hydrogen) atoms. The van der Waals surface area contributed by atoms with E-state index in [1.54, 1.807) is 12.5 Å². The van der Waals surface area contributed by atoms with Crippen LogP contribution in [0.4, 0.5) is 5.82 Å². The van der Waals surface area contributed by atoms with Gasteiger partial charge in [0.25, 0.3) is 0 Å². The maximum atomic E-state index is 4.04. The van der Waals surface area contributed by atoms with Crippen LogP contribution in [-0.2, 0) is 0 Å². The van der Waals surface area contributed by atoms with Gasteiger partial charge >= 0.3 is 0 Å². The molecule has 0 aliphatic heterocycles. The normalized spacial score (nSPS) is 9.40. The zero-order chi connectivity index (χ0) is 7.40. The molecule has 4 heteroatoms. The fourth-order valence-corrected chi connectivity index (χ4v) is 1.10. The lowest BCUT2D eigenvalue weighted by molar-refractivity contribution is 1.10. The average Bonchev–Trinajstić information content (AvgIpc) is 1.94. The van der Waals surface area contributed by atoms with Gasteiger partial charge in [0.05, 0.1) is 3.57 Å². The number of halogens is 1.